The van der Waals surface area contributed by atoms with Crippen LogP contribution in [0.25, 0.3) is 0 Å². The van der Waals surface area contributed by atoms with Crippen molar-refractivity contribution in [1.29, 1.82) is 0 Å². The Morgan fingerprint density at radius 2 is 1.78 bits per heavy atom. The standard InChI is InChI=1S/C12H8BrF3N2/c1-6-2-3-17-12(10(6)13)18-7-4-8(14)11(16)9(15)5-7/h2-5H,1H3,(H,17,18). The SMILES string of the molecule is Cc1ccnc(Nc2cc(F)c(F)c(F)c2)c1Br. The molecular weight excluding hydrogens is 309 g/mol. The molecule has 0 aliphatic rings. The van der Waals surface area contributed by atoms with Crippen LogP contribution in [-0.2, 0) is 0 Å². The first-order valence-corrected chi connectivity index (χ1v) is 5.81. The Labute approximate surface area is 110 Å². The maximum Gasteiger partial charge on any atom is 0.194 e. The summed E-state index contributed by atoms with van der Waals surface area (Å²) in [6, 6.07) is 3.52. The summed E-state index contributed by atoms with van der Waals surface area (Å²) in [4.78, 5) is 4.02. The van der Waals surface area contributed by atoms with Crippen LogP contribution < -0.4 is 5.32 Å². The summed E-state index contributed by atoms with van der Waals surface area (Å²) in [5.41, 5.74) is 1.00. The second kappa shape index (κ2) is 4.97. The van der Waals surface area contributed by atoms with Gasteiger partial charge < -0.3 is 5.32 Å². The summed E-state index contributed by atoms with van der Waals surface area (Å²) in [7, 11) is 0. The highest BCUT2D eigenvalue weighted by atomic mass is 79.9. The lowest BCUT2D eigenvalue weighted by molar-refractivity contribution is 0.448. The summed E-state index contributed by atoms with van der Waals surface area (Å²) in [6.45, 7) is 1.85. The molecule has 0 atom stereocenters. The quantitative estimate of drug-likeness (QED) is 0.835. The molecule has 2 rings (SSSR count). The van der Waals surface area contributed by atoms with E-state index in [9.17, 15) is 13.2 Å². The number of halogens is 4. The van der Waals surface area contributed by atoms with Crippen molar-refractivity contribution in [3.8, 4) is 0 Å². The largest absolute Gasteiger partial charge is 0.339 e. The van der Waals surface area contributed by atoms with Gasteiger partial charge in [-0.2, -0.15) is 0 Å². The van der Waals surface area contributed by atoms with Crippen molar-refractivity contribution in [3.05, 3.63) is 51.9 Å². The normalized spacial score (nSPS) is 10.5. The summed E-state index contributed by atoms with van der Waals surface area (Å²) < 4.78 is 39.5. The molecule has 2 nitrogen and oxygen atoms in total. The number of pyridine rings is 1. The molecule has 6 heteroatoms. The highest BCUT2D eigenvalue weighted by Crippen LogP contribution is 2.27. The van der Waals surface area contributed by atoms with Crippen molar-refractivity contribution in [2.45, 2.75) is 6.92 Å². The van der Waals surface area contributed by atoms with E-state index in [0.717, 1.165) is 17.7 Å². The van der Waals surface area contributed by atoms with Crippen LogP contribution >= 0.6 is 15.9 Å². The summed E-state index contributed by atoms with van der Waals surface area (Å²) in [5, 5.41) is 2.72. The summed E-state index contributed by atoms with van der Waals surface area (Å²) in [5.74, 6) is -3.58. The Bertz CT molecular complexity index is 579. The van der Waals surface area contributed by atoms with Gasteiger partial charge in [-0.05, 0) is 34.5 Å². The van der Waals surface area contributed by atoms with Gasteiger partial charge >= 0.3 is 0 Å². The van der Waals surface area contributed by atoms with Gasteiger partial charge in [-0.15, -0.1) is 0 Å². The average Bonchev–Trinajstić information content (AvgIpc) is 2.32. The number of aromatic nitrogens is 1. The van der Waals surface area contributed by atoms with Crippen LogP contribution in [0.3, 0.4) is 0 Å². The monoisotopic (exact) mass is 316 g/mol. The Morgan fingerprint density at radius 3 is 2.39 bits per heavy atom. The van der Waals surface area contributed by atoms with Gasteiger partial charge in [-0.1, -0.05) is 0 Å². The van der Waals surface area contributed by atoms with E-state index in [2.05, 4.69) is 26.2 Å². The highest BCUT2D eigenvalue weighted by Gasteiger charge is 2.12. The Hall–Kier alpha value is -1.56. The minimum atomic E-state index is -1.49. The maximum atomic E-state index is 13.0. The van der Waals surface area contributed by atoms with Crippen LogP contribution in [0.15, 0.2) is 28.9 Å². The van der Waals surface area contributed by atoms with E-state index in [0.29, 0.717) is 10.3 Å². The summed E-state index contributed by atoms with van der Waals surface area (Å²) >= 11 is 3.30. The number of hydrogen-bond acceptors (Lipinski definition) is 2. The fourth-order valence-electron chi connectivity index (χ4n) is 1.39. The second-order valence-corrected chi connectivity index (χ2v) is 4.46. The predicted octanol–water partition coefficient (Wildman–Crippen LogP) is 4.31. The van der Waals surface area contributed by atoms with E-state index in [-0.39, 0.29) is 5.69 Å². The molecule has 2 aromatic rings. The molecule has 0 saturated heterocycles. The number of benzene rings is 1. The summed E-state index contributed by atoms with van der Waals surface area (Å²) in [6.07, 6.45) is 1.55. The molecule has 0 spiro atoms. The van der Waals surface area contributed by atoms with Gasteiger partial charge in [0.1, 0.15) is 5.82 Å². The van der Waals surface area contributed by atoms with Gasteiger partial charge in [0.15, 0.2) is 17.5 Å². The first kappa shape index (κ1) is 12.9. The molecule has 0 fully saturated rings. The van der Waals surface area contributed by atoms with Gasteiger partial charge in [-0.25, -0.2) is 18.2 Å². The van der Waals surface area contributed by atoms with Crippen LogP contribution in [-0.4, -0.2) is 4.98 Å². The third-order valence-corrected chi connectivity index (χ3v) is 3.33. The fourth-order valence-corrected chi connectivity index (χ4v) is 1.73. The first-order chi connectivity index (χ1) is 8.49. The van der Waals surface area contributed by atoms with Crippen LogP contribution in [0, 0.1) is 24.4 Å². The Balaban J connectivity index is 2.37. The number of anilines is 2. The molecule has 0 aliphatic carbocycles. The number of hydrogen-bond donors (Lipinski definition) is 1. The van der Waals surface area contributed by atoms with Crippen molar-refractivity contribution in [1.82, 2.24) is 4.98 Å². The fraction of sp³-hybridized carbons (Fsp3) is 0.0833. The van der Waals surface area contributed by atoms with Crippen LogP contribution in [0.4, 0.5) is 24.7 Å². The molecule has 1 aromatic heterocycles. The number of aryl methyl sites for hydroxylation is 1. The van der Waals surface area contributed by atoms with Gasteiger partial charge in [0.2, 0.25) is 0 Å². The molecule has 0 aliphatic heterocycles. The molecule has 0 bridgehead atoms. The number of rotatable bonds is 2. The molecular formula is C12H8BrF3N2. The second-order valence-electron chi connectivity index (χ2n) is 3.67. The minimum Gasteiger partial charge on any atom is -0.339 e. The Kier molecular flexibility index (Phi) is 3.56. The molecule has 0 amide bonds. The van der Waals surface area contributed by atoms with Crippen LogP contribution in [0.5, 0.6) is 0 Å². The smallest absolute Gasteiger partial charge is 0.194 e. The van der Waals surface area contributed by atoms with Crippen molar-refractivity contribution >= 4 is 27.4 Å². The molecule has 18 heavy (non-hydrogen) atoms. The van der Waals surface area contributed by atoms with Crippen molar-refractivity contribution in [2.24, 2.45) is 0 Å². The van der Waals surface area contributed by atoms with Crippen molar-refractivity contribution in [3.63, 3.8) is 0 Å². The van der Waals surface area contributed by atoms with Crippen LogP contribution in [0.1, 0.15) is 5.56 Å². The third kappa shape index (κ3) is 2.48. The van der Waals surface area contributed by atoms with Crippen molar-refractivity contribution in [2.75, 3.05) is 5.32 Å². The maximum absolute atomic E-state index is 13.0. The van der Waals surface area contributed by atoms with Gasteiger partial charge in [0, 0.05) is 24.0 Å². The lowest BCUT2D eigenvalue weighted by Gasteiger charge is -2.09. The van der Waals surface area contributed by atoms with E-state index >= 15 is 0 Å². The molecule has 94 valence electrons. The lowest BCUT2D eigenvalue weighted by Crippen LogP contribution is -1.99. The van der Waals surface area contributed by atoms with Gasteiger partial charge in [-0.3, -0.25) is 0 Å². The van der Waals surface area contributed by atoms with Gasteiger partial charge in [0.05, 0.1) is 4.47 Å². The van der Waals surface area contributed by atoms with Crippen LogP contribution in [0.2, 0.25) is 0 Å². The highest BCUT2D eigenvalue weighted by molar-refractivity contribution is 9.10. The number of nitrogens with one attached hydrogen (secondary N) is 1. The topological polar surface area (TPSA) is 24.9 Å². The molecule has 1 heterocycles. The predicted molar refractivity (Wildman–Crippen MR) is 66.3 cm³/mol. The van der Waals surface area contributed by atoms with Crippen molar-refractivity contribution < 1.29 is 13.2 Å². The average molecular weight is 317 g/mol. The molecule has 0 radical (unpaired) electrons. The molecule has 1 aromatic carbocycles. The number of nitrogens with zero attached hydrogens (tertiary/aromatic N) is 1. The van der Waals surface area contributed by atoms with E-state index in [1.165, 1.54) is 0 Å². The van der Waals surface area contributed by atoms with E-state index in [4.69, 9.17) is 0 Å². The van der Waals surface area contributed by atoms with E-state index < -0.39 is 17.5 Å². The molecule has 0 unspecified atom stereocenters. The third-order valence-electron chi connectivity index (χ3n) is 2.33. The zero-order chi connectivity index (χ0) is 13.3. The molecule has 1 N–H and O–H groups in total. The molecule has 0 saturated carbocycles. The first-order valence-electron chi connectivity index (χ1n) is 5.01. The van der Waals surface area contributed by atoms with E-state index in [1.807, 2.05) is 6.92 Å². The Morgan fingerprint density at radius 1 is 1.17 bits per heavy atom. The van der Waals surface area contributed by atoms with E-state index in [1.54, 1.807) is 12.3 Å². The zero-order valence-corrected chi connectivity index (χ0v) is 10.9. The minimum absolute atomic E-state index is 0.0881. The van der Waals surface area contributed by atoms with Gasteiger partial charge in [0.25, 0.3) is 0 Å². The lowest BCUT2D eigenvalue weighted by atomic mass is 10.2. The zero-order valence-electron chi connectivity index (χ0n) is 9.27.